The number of carbonyl (C=O) groups is 3. The first-order valence-electron chi connectivity index (χ1n) is 6.08. The van der Waals surface area contributed by atoms with Crippen LogP contribution in [-0.2, 0) is 9.59 Å². The lowest BCUT2D eigenvalue weighted by Gasteiger charge is -2.10. The van der Waals surface area contributed by atoms with E-state index in [0.29, 0.717) is 5.65 Å². The van der Waals surface area contributed by atoms with Gasteiger partial charge in [-0.15, -0.1) is 0 Å². The van der Waals surface area contributed by atoms with Crippen LogP contribution >= 0.6 is 0 Å². The highest BCUT2D eigenvalue weighted by atomic mass is 16.4. The number of nitrogens with one attached hydrogen (secondary N) is 1. The monoisotopic (exact) mass is 291 g/mol. The summed E-state index contributed by atoms with van der Waals surface area (Å²) in [6, 6.07) is 3.82. The molecule has 0 aliphatic heterocycles. The fraction of sp³-hybridized carbons (Fsp3) is 0.231. The van der Waals surface area contributed by atoms with Crippen LogP contribution in [0.5, 0.6) is 0 Å². The predicted molar refractivity (Wildman–Crippen MR) is 71.1 cm³/mol. The van der Waals surface area contributed by atoms with Crippen LogP contribution < -0.4 is 5.32 Å². The lowest BCUT2D eigenvalue weighted by molar-refractivity contribution is -0.145. The summed E-state index contributed by atoms with van der Waals surface area (Å²) >= 11 is 0. The average molecular weight is 291 g/mol. The van der Waals surface area contributed by atoms with Gasteiger partial charge in [-0.25, -0.2) is 9.78 Å². The standard InChI is InChI=1S/C13H13N3O5/c1-7-3-2-4-10-14-9(6-16(7)10)12(19)15-8(13(20)21)5-11(17)18/h2-4,6,8H,5H2,1H3,(H,15,19)(H,17,18)(H,20,21)/t8-/m0/s1. The molecular formula is C13H13N3O5. The van der Waals surface area contributed by atoms with Gasteiger partial charge in [0.1, 0.15) is 17.4 Å². The number of aliphatic carboxylic acids is 2. The predicted octanol–water partition coefficient (Wildman–Crippen LogP) is 0.300. The Balaban J connectivity index is 2.23. The largest absolute Gasteiger partial charge is 0.481 e. The fourth-order valence-electron chi connectivity index (χ4n) is 1.86. The van der Waals surface area contributed by atoms with Gasteiger partial charge in [-0.1, -0.05) is 6.07 Å². The summed E-state index contributed by atoms with van der Waals surface area (Å²) in [6.07, 6.45) is 0.771. The number of carboxylic acids is 2. The van der Waals surface area contributed by atoms with Gasteiger partial charge in [0, 0.05) is 11.9 Å². The summed E-state index contributed by atoms with van der Waals surface area (Å²) < 4.78 is 1.68. The van der Waals surface area contributed by atoms with E-state index in [0.717, 1.165) is 5.69 Å². The van der Waals surface area contributed by atoms with E-state index in [4.69, 9.17) is 10.2 Å². The van der Waals surface area contributed by atoms with Gasteiger partial charge >= 0.3 is 11.9 Å². The van der Waals surface area contributed by atoms with Gasteiger partial charge < -0.3 is 19.9 Å². The van der Waals surface area contributed by atoms with E-state index in [-0.39, 0.29) is 5.69 Å². The number of nitrogens with zero attached hydrogens (tertiary/aromatic N) is 2. The highest BCUT2D eigenvalue weighted by molar-refractivity contribution is 5.96. The minimum absolute atomic E-state index is 0.0286. The molecule has 2 heterocycles. The quantitative estimate of drug-likeness (QED) is 0.728. The van der Waals surface area contributed by atoms with Crippen molar-refractivity contribution in [2.45, 2.75) is 19.4 Å². The third-order valence-electron chi connectivity index (χ3n) is 2.91. The Labute approximate surface area is 119 Å². The molecule has 2 aromatic heterocycles. The van der Waals surface area contributed by atoms with E-state index in [1.807, 2.05) is 13.0 Å². The molecule has 2 aromatic rings. The maximum Gasteiger partial charge on any atom is 0.326 e. The van der Waals surface area contributed by atoms with Crippen LogP contribution in [0.3, 0.4) is 0 Å². The van der Waals surface area contributed by atoms with Gasteiger partial charge in [-0.2, -0.15) is 0 Å². The molecule has 0 saturated carbocycles. The van der Waals surface area contributed by atoms with Gasteiger partial charge in [0.15, 0.2) is 0 Å². The molecule has 0 radical (unpaired) electrons. The Morgan fingerprint density at radius 1 is 1.33 bits per heavy atom. The number of carboxylic acid groups (broad SMARTS) is 2. The van der Waals surface area contributed by atoms with Crippen molar-refractivity contribution in [1.82, 2.24) is 14.7 Å². The number of carbonyl (C=O) groups excluding carboxylic acids is 1. The summed E-state index contributed by atoms with van der Waals surface area (Å²) in [7, 11) is 0. The van der Waals surface area contributed by atoms with E-state index < -0.39 is 30.3 Å². The maximum atomic E-state index is 12.0. The third-order valence-corrected chi connectivity index (χ3v) is 2.91. The molecule has 0 bridgehead atoms. The van der Waals surface area contributed by atoms with Crippen molar-refractivity contribution in [1.29, 1.82) is 0 Å². The summed E-state index contributed by atoms with van der Waals surface area (Å²) in [5.41, 5.74) is 1.44. The minimum atomic E-state index is -1.50. The second-order valence-electron chi connectivity index (χ2n) is 4.48. The maximum absolute atomic E-state index is 12.0. The molecule has 0 spiro atoms. The van der Waals surface area contributed by atoms with Gasteiger partial charge in [0.25, 0.3) is 5.91 Å². The molecule has 0 unspecified atom stereocenters. The van der Waals surface area contributed by atoms with Crippen LogP contribution in [0.15, 0.2) is 24.4 Å². The number of aromatic nitrogens is 2. The molecule has 0 saturated heterocycles. The molecule has 3 N–H and O–H groups in total. The molecule has 21 heavy (non-hydrogen) atoms. The molecule has 1 amide bonds. The zero-order valence-electron chi connectivity index (χ0n) is 11.1. The number of fused-ring (bicyclic) bond motifs is 1. The zero-order chi connectivity index (χ0) is 15.6. The summed E-state index contributed by atoms with van der Waals surface area (Å²) in [5, 5.41) is 19.7. The normalized spacial score (nSPS) is 12.0. The van der Waals surface area contributed by atoms with Crippen LogP contribution in [-0.4, -0.2) is 43.5 Å². The van der Waals surface area contributed by atoms with Crippen molar-refractivity contribution >= 4 is 23.5 Å². The van der Waals surface area contributed by atoms with Crippen molar-refractivity contribution in [3.05, 3.63) is 35.8 Å². The molecular weight excluding hydrogens is 278 g/mol. The number of amides is 1. The fourth-order valence-corrected chi connectivity index (χ4v) is 1.86. The first-order chi connectivity index (χ1) is 9.88. The van der Waals surface area contributed by atoms with E-state index in [9.17, 15) is 14.4 Å². The molecule has 0 aromatic carbocycles. The zero-order valence-corrected chi connectivity index (χ0v) is 11.1. The Bertz CT molecular complexity index is 722. The molecule has 0 aliphatic carbocycles. The molecule has 8 heteroatoms. The summed E-state index contributed by atoms with van der Waals surface area (Å²) in [4.78, 5) is 37.6. The minimum Gasteiger partial charge on any atom is -0.481 e. The van der Waals surface area contributed by atoms with Crippen molar-refractivity contribution in [2.24, 2.45) is 0 Å². The van der Waals surface area contributed by atoms with Gasteiger partial charge in [-0.05, 0) is 19.1 Å². The molecule has 0 fully saturated rings. The number of hydrogen-bond acceptors (Lipinski definition) is 4. The van der Waals surface area contributed by atoms with Gasteiger partial charge in [0.05, 0.1) is 6.42 Å². The van der Waals surface area contributed by atoms with Gasteiger partial charge in [-0.3, -0.25) is 9.59 Å². The number of imidazole rings is 1. The lowest BCUT2D eigenvalue weighted by Crippen LogP contribution is -2.42. The first kappa shape index (κ1) is 14.5. The molecule has 0 aliphatic rings. The van der Waals surface area contributed by atoms with Crippen LogP contribution in [0.2, 0.25) is 0 Å². The first-order valence-corrected chi connectivity index (χ1v) is 6.08. The van der Waals surface area contributed by atoms with Crippen LogP contribution in [0.25, 0.3) is 5.65 Å². The van der Waals surface area contributed by atoms with Crippen molar-refractivity contribution in [3.63, 3.8) is 0 Å². The topological polar surface area (TPSA) is 121 Å². The third kappa shape index (κ3) is 3.16. The molecule has 110 valence electrons. The van der Waals surface area contributed by atoms with Crippen LogP contribution in [0, 0.1) is 6.92 Å². The van der Waals surface area contributed by atoms with E-state index in [2.05, 4.69) is 10.3 Å². The Morgan fingerprint density at radius 3 is 2.62 bits per heavy atom. The molecule has 8 nitrogen and oxygen atoms in total. The number of hydrogen-bond donors (Lipinski definition) is 3. The number of rotatable bonds is 5. The van der Waals surface area contributed by atoms with E-state index in [1.165, 1.54) is 6.20 Å². The lowest BCUT2D eigenvalue weighted by atomic mass is 10.2. The SMILES string of the molecule is Cc1cccc2nc(C(=O)N[C@@H](CC(=O)O)C(=O)O)cn12. The second-order valence-corrected chi connectivity index (χ2v) is 4.48. The number of pyridine rings is 1. The van der Waals surface area contributed by atoms with Crippen molar-refractivity contribution in [2.75, 3.05) is 0 Å². The van der Waals surface area contributed by atoms with Crippen LogP contribution in [0.4, 0.5) is 0 Å². The van der Waals surface area contributed by atoms with E-state index >= 15 is 0 Å². The van der Waals surface area contributed by atoms with E-state index in [1.54, 1.807) is 16.5 Å². The smallest absolute Gasteiger partial charge is 0.326 e. The Morgan fingerprint density at radius 2 is 2.05 bits per heavy atom. The summed E-state index contributed by atoms with van der Waals surface area (Å²) in [6.45, 7) is 1.83. The van der Waals surface area contributed by atoms with Crippen LogP contribution in [0.1, 0.15) is 22.6 Å². The highest BCUT2D eigenvalue weighted by Gasteiger charge is 2.24. The molecule has 2 rings (SSSR count). The number of aryl methyl sites for hydroxylation is 1. The Kier molecular flexibility index (Phi) is 3.88. The highest BCUT2D eigenvalue weighted by Crippen LogP contribution is 2.08. The Hall–Kier alpha value is -2.90. The second kappa shape index (κ2) is 5.61. The van der Waals surface area contributed by atoms with Crippen molar-refractivity contribution in [3.8, 4) is 0 Å². The summed E-state index contributed by atoms with van der Waals surface area (Å²) in [5.74, 6) is -3.45. The molecule has 1 atom stereocenters. The van der Waals surface area contributed by atoms with Crippen molar-refractivity contribution < 1.29 is 24.6 Å². The van der Waals surface area contributed by atoms with Gasteiger partial charge in [0.2, 0.25) is 0 Å². The average Bonchev–Trinajstić information content (AvgIpc) is 2.82.